The molecule has 0 bridgehead atoms. The second-order valence-corrected chi connectivity index (χ2v) is 3.04. The van der Waals surface area contributed by atoms with Crippen molar-refractivity contribution in [2.45, 2.75) is 13.8 Å². The van der Waals surface area contributed by atoms with E-state index in [0.717, 1.165) is 0 Å². The zero-order valence-corrected chi connectivity index (χ0v) is 7.57. The molecule has 0 atom stereocenters. The number of aryl methyl sites for hydroxylation is 1. The topological polar surface area (TPSA) is 17.1 Å². The molecule has 0 aliphatic carbocycles. The molecule has 0 aromatic heterocycles. The molecule has 1 rings (SSSR count). The maximum absolute atomic E-state index is 12.9. The van der Waals surface area contributed by atoms with Crippen LogP contribution < -0.4 is 0 Å². The van der Waals surface area contributed by atoms with Gasteiger partial charge in [-0.1, -0.05) is 11.6 Å². The SMILES string of the molecule is CC(=O)c1cc(F)c(C)cc1Cl. The Hall–Kier alpha value is -0.890. The number of ketones is 1. The summed E-state index contributed by atoms with van der Waals surface area (Å²) in [6.07, 6.45) is 0. The summed E-state index contributed by atoms with van der Waals surface area (Å²) in [5, 5.41) is 0.307. The fourth-order valence-electron chi connectivity index (χ4n) is 0.916. The summed E-state index contributed by atoms with van der Waals surface area (Å²) in [6, 6.07) is 2.62. The van der Waals surface area contributed by atoms with E-state index >= 15 is 0 Å². The van der Waals surface area contributed by atoms with E-state index in [-0.39, 0.29) is 11.3 Å². The summed E-state index contributed by atoms with van der Waals surface area (Å²) in [7, 11) is 0. The van der Waals surface area contributed by atoms with E-state index in [1.54, 1.807) is 6.92 Å². The molecule has 1 nitrogen and oxygen atoms in total. The molecule has 3 heteroatoms. The average Bonchev–Trinajstić information content (AvgIpc) is 1.96. The first-order valence-electron chi connectivity index (χ1n) is 3.49. The molecule has 64 valence electrons. The highest BCUT2D eigenvalue weighted by Crippen LogP contribution is 2.20. The quantitative estimate of drug-likeness (QED) is 0.617. The smallest absolute Gasteiger partial charge is 0.161 e. The summed E-state index contributed by atoms with van der Waals surface area (Å²) < 4.78 is 12.9. The summed E-state index contributed by atoms with van der Waals surface area (Å²) in [5.74, 6) is -0.622. The van der Waals surface area contributed by atoms with Gasteiger partial charge < -0.3 is 0 Å². The molecule has 0 unspecified atom stereocenters. The maximum atomic E-state index is 12.9. The van der Waals surface area contributed by atoms with Crippen LogP contribution in [0.15, 0.2) is 12.1 Å². The van der Waals surface area contributed by atoms with Gasteiger partial charge in [-0.25, -0.2) is 4.39 Å². The van der Waals surface area contributed by atoms with Gasteiger partial charge in [-0.15, -0.1) is 0 Å². The molecule has 12 heavy (non-hydrogen) atoms. The standard InChI is InChI=1S/C9H8ClFO/c1-5-3-8(10)7(6(2)12)4-9(5)11/h3-4H,1-2H3. The van der Waals surface area contributed by atoms with E-state index in [1.165, 1.54) is 19.1 Å². The van der Waals surface area contributed by atoms with E-state index in [2.05, 4.69) is 0 Å². The van der Waals surface area contributed by atoms with Crippen molar-refractivity contribution in [3.63, 3.8) is 0 Å². The van der Waals surface area contributed by atoms with Gasteiger partial charge >= 0.3 is 0 Å². The van der Waals surface area contributed by atoms with Gasteiger partial charge in [0.1, 0.15) is 5.82 Å². The van der Waals surface area contributed by atoms with Crippen LogP contribution in [0, 0.1) is 12.7 Å². The van der Waals surface area contributed by atoms with Crippen LogP contribution in [-0.2, 0) is 0 Å². The lowest BCUT2D eigenvalue weighted by Crippen LogP contribution is -1.96. The highest BCUT2D eigenvalue weighted by Gasteiger charge is 2.08. The average molecular weight is 187 g/mol. The number of carbonyl (C=O) groups is 1. The minimum Gasteiger partial charge on any atom is -0.294 e. The lowest BCUT2D eigenvalue weighted by atomic mass is 10.1. The summed E-state index contributed by atoms with van der Waals surface area (Å²) in [5.41, 5.74) is 0.685. The normalized spacial score (nSPS) is 10.0. The molecular weight excluding hydrogens is 179 g/mol. The molecule has 0 saturated carbocycles. The Morgan fingerprint density at radius 1 is 1.50 bits per heavy atom. The van der Waals surface area contributed by atoms with Gasteiger partial charge in [0.25, 0.3) is 0 Å². The monoisotopic (exact) mass is 186 g/mol. The Kier molecular flexibility index (Phi) is 2.48. The highest BCUT2D eigenvalue weighted by atomic mass is 35.5. The zero-order valence-electron chi connectivity index (χ0n) is 6.82. The first kappa shape index (κ1) is 9.20. The predicted molar refractivity (Wildman–Crippen MR) is 46.2 cm³/mol. The maximum Gasteiger partial charge on any atom is 0.161 e. The minimum atomic E-state index is -0.399. The number of carbonyl (C=O) groups excluding carboxylic acids is 1. The molecule has 0 heterocycles. The fourth-order valence-corrected chi connectivity index (χ4v) is 1.27. The van der Waals surface area contributed by atoms with Crippen LogP contribution >= 0.6 is 11.6 Å². The third-order valence-corrected chi connectivity index (χ3v) is 1.94. The fraction of sp³-hybridized carbons (Fsp3) is 0.222. The summed E-state index contributed by atoms with van der Waals surface area (Å²) in [6.45, 7) is 2.96. The van der Waals surface area contributed by atoms with Crippen molar-refractivity contribution < 1.29 is 9.18 Å². The van der Waals surface area contributed by atoms with Crippen molar-refractivity contribution >= 4 is 17.4 Å². The Bertz CT molecular complexity index is 334. The summed E-state index contributed by atoms with van der Waals surface area (Å²) in [4.78, 5) is 10.9. The predicted octanol–water partition coefficient (Wildman–Crippen LogP) is 2.99. The number of rotatable bonds is 1. The Balaban J connectivity index is 3.33. The van der Waals surface area contributed by atoms with Gasteiger partial charge in [0.15, 0.2) is 5.78 Å². The van der Waals surface area contributed by atoms with Crippen LogP contribution in [0.2, 0.25) is 5.02 Å². The number of hydrogen-bond donors (Lipinski definition) is 0. The van der Waals surface area contributed by atoms with E-state index < -0.39 is 5.82 Å². The van der Waals surface area contributed by atoms with E-state index in [4.69, 9.17) is 11.6 Å². The van der Waals surface area contributed by atoms with Crippen LogP contribution in [0.1, 0.15) is 22.8 Å². The first-order valence-corrected chi connectivity index (χ1v) is 3.86. The zero-order chi connectivity index (χ0) is 9.30. The second-order valence-electron chi connectivity index (χ2n) is 2.64. The van der Waals surface area contributed by atoms with Crippen LogP contribution in [0.4, 0.5) is 4.39 Å². The third kappa shape index (κ3) is 1.64. The largest absolute Gasteiger partial charge is 0.294 e. The van der Waals surface area contributed by atoms with E-state index in [9.17, 15) is 9.18 Å². The van der Waals surface area contributed by atoms with Gasteiger partial charge in [-0.2, -0.15) is 0 Å². The summed E-state index contributed by atoms with van der Waals surface area (Å²) >= 11 is 5.71. The molecule has 0 aliphatic heterocycles. The molecular formula is C9H8ClFO. The van der Waals surface area contributed by atoms with Crippen molar-refractivity contribution in [3.8, 4) is 0 Å². The van der Waals surface area contributed by atoms with Gasteiger partial charge in [-0.3, -0.25) is 4.79 Å². The minimum absolute atomic E-state index is 0.223. The highest BCUT2D eigenvalue weighted by molar-refractivity contribution is 6.33. The van der Waals surface area contributed by atoms with Crippen molar-refractivity contribution in [2.24, 2.45) is 0 Å². The number of halogens is 2. The Morgan fingerprint density at radius 3 is 2.58 bits per heavy atom. The van der Waals surface area contributed by atoms with Crippen LogP contribution in [-0.4, -0.2) is 5.78 Å². The van der Waals surface area contributed by atoms with Crippen LogP contribution in [0.25, 0.3) is 0 Å². The van der Waals surface area contributed by atoms with Crippen LogP contribution in [0.5, 0.6) is 0 Å². The molecule has 0 N–H and O–H groups in total. The molecule has 0 saturated heterocycles. The molecule has 0 fully saturated rings. The third-order valence-electron chi connectivity index (χ3n) is 1.63. The van der Waals surface area contributed by atoms with Crippen molar-refractivity contribution in [3.05, 3.63) is 34.1 Å². The van der Waals surface area contributed by atoms with E-state index in [1.807, 2.05) is 0 Å². The second kappa shape index (κ2) is 3.23. The van der Waals surface area contributed by atoms with Gasteiger partial charge in [-0.05, 0) is 31.5 Å². The van der Waals surface area contributed by atoms with E-state index in [0.29, 0.717) is 10.6 Å². The van der Waals surface area contributed by atoms with Gasteiger partial charge in [0.05, 0.1) is 5.02 Å². The lowest BCUT2D eigenvalue weighted by molar-refractivity contribution is 0.101. The molecule has 1 aromatic rings. The number of hydrogen-bond acceptors (Lipinski definition) is 1. The van der Waals surface area contributed by atoms with Crippen molar-refractivity contribution in [1.29, 1.82) is 0 Å². The Labute approximate surface area is 75.2 Å². The molecule has 0 radical (unpaired) electrons. The van der Waals surface area contributed by atoms with Crippen molar-refractivity contribution in [1.82, 2.24) is 0 Å². The van der Waals surface area contributed by atoms with Gasteiger partial charge in [0.2, 0.25) is 0 Å². The molecule has 1 aromatic carbocycles. The van der Waals surface area contributed by atoms with Crippen molar-refractivity contribution in [2.75, 3.05) is 0 Å². The molecule has 0 amide bonds. The number of Topliss-reactive ketones (excluding diaryl/α,β-unsaturated/α-hetero) is 1. The number of benzene rings is 1. The van der Waals surface area contributed by atoms with Crippen LogP contribution in [0.3, 0.4) is 0 Å². The Morgan fingerprint density at radius 2 is 2.08 bits per heavy atom. The molecule has 0 aliphatic rings. The molecule has 0 spiro atoms. The first-order chi connectivity index (χ1) is 5.52. The lowest BCUT2D eigenvalue weighted by Gasteiger charge is -2.01. The van der Waals surface area contributed by atoms with Gasteiger partial charge in [0, 0.05) is 5.56 Å².